The highest BCUT2D eigenvalue weighted by Gasteiger charge is 2.58. The molecule has 0 aliphatic carbocycles. The van der Waals surface area contributed by atoms with Gasteiger partial charge in [0.05, 0.1) is 11.2 Å². The van der Waals surface area contributed by atoms with Crippen LogP contribution >= 0.6 is 0 Å². The summed E-state index contributed by atoms with van der Waals surface area (Å²) in [5.74, 6) is -2.00. The third-order valence-corrected chi connectivity index (χ3v) is 6.95. The number of benzene rings is 4. The fraction of sp³-hybridized carbons (Fsp3) is 0.0645. The molecule has 1 N–H and O–H groups in total. The highest BCUT2D eigenvalue weighted by Crippen LogP contribution is 2.46. The maximum absolute atomic E-state index is 14.5. The SMILES string of the molecule is COC1(c2c(O)c3ccccc3n(-c3ccccc3)c2=O)C(=O)c2ccccc2N(c2ccccc2)C1=O. The summed E-state index contributed by atoms with van der Waals surface area (Å²) in [6.45, 7) is 0. The largest absolute Gasteiger partial charge is 0.507 e. The van der Waals surface area contributed by atoms with Crippen molar-refractivity contribution in [2.45, 2.75) is 5.60 Å². The van der Waals surface area contributed by atoms with Crippen molar-refractivity contribution in [1.29, 1.82) is 0 Å². The van der Waals surface area contributed by atoms with E-state index in [1.165, 1.54) is 16.6 Å². The molecule has 5 aromatic rings. The van der Waals surface area contributed by atoms with Crippen molar-refractivity contribution in [2.75, 3.05) is 12.0 Å². The Morgan fingerprint density at radius 1 is 0.711 bits per heavy atom. The molecule has 38 heavy (non-hydrogen) atoms. The Bertz CT molecular complexity index is 1780. The molecule has 0 radical (unpaired) electrons. The molecule has 0 saturated heterocycles. The number of rotatable bonds is 4. The maximum atomic E-state index is 14.5. The van der Waals surface area contributed by atoms with Crippen LogP contribution in [0.5, 0.6) is 5.75 Å². The molecule has 7 nitrogen and oxygen atoms in total. The fourth-order valence-corrected chi connectivity index (χ4v) is 5.23. The molecule has 1 unspecified atom stereocenters. The van der Waals surface area contributed by atoms with Gasteiger partial charge in [0.25, 0.3) is 11.5 Å². The van der Waals surface area contributed by atoms with Crippen LogP contribution < -0.4 is 10.5 Å². The summed E-state index contributed by atoms with van der Waals surface area (Å²) in [6, 6.07) is 31.1. The van der Waals surface area contributed by atoms with Gasteiger partial charge in [-0.3, -0.25) is 23.9 Å². The zero-order valence-electron chi connectivity index (χ0n) is 20.4. The standard InChI is InChI=1S/C31H22N2O5/c1-38-31(28(35)23-17-9-11-19-25(23)33(30(31)37)21-14-6-3-7-15-21)26-27(34)22-16-8-10-18-24(22)32(29(26)36)20-12-4-2-5-13-20/h2-19,34H,1H3. The van der Waals surface area contributed by atoms with E-state index in [-0.39, 0.29) is 5.56 Å². The van der Waals surface area contributed by atoms with Gasteiger partial charge >= 0.3 is 0 Å². The van der Waals surface area contributed by atoms with Gasteiger partial charge in [-0.2, -0.15) is 0 Å². The smallest absolute Gasteiger partial charge is 0.277 e. The van der Waals surface area contributed by atoms with Crippen LogP contribution in [0, 0.1) is 0 Å². The van der Waals surface area contributed by atoms with Crippen LogP contribution in [0.3, 0.4) is 0 Å². The van der Waals surface area contributed by atoms with E-state index < -0.39 is 34.2 Å². The molecule has 7 heteroatoms. The molecule has 186 valence electrons. The van der Waals surface area contributed by atoms with Gasteiger partial charge in [-0.1, -0.05) is 60.7 Å². The highest BCUT2D eigenvalue weighted by atomic mass is 16.5. The number of methoxy groups -OCH3 is 1. The summed E-state index contributed by atoms with van der Waals surface area (Å²) in [4.78, 5) is 44.4. The summed E-state index contributed by atoms with van der Waals surface area (Å²) in [7, 11) is 1.20. The first-order valence-electron chi connectivity index (χ1n) is 12.0. The lowest BCUT2D eigenvalue weighted by molar-refractivity contribution is -0.136. The summed E-state index contributed by atoms with van der Waals surface area (Å²) in [6.07, 6.45) is 0. The highest BCUT2D eigenvalue weighted by molar-refractivity contribution is 6.29. The number of carbonyl (C=O) groups excluding carboxylic acids is 2. The van der Waals surface area contributed by atoms with Gasteiger partial charge in [-0.25, -0.2) is 0 Å². The van der Waals surface area contributed by atoms with Crippen molar-refractivity contribution >= 4 is 34.0 Å². The number of anilines is 2. The molecule has 1 aliphatic heterocycles. The topological polar surface area (TPSA) is 88.8 Å². The first-order valence-corrected chi connectivity index (χ1v) is 12.0. The van der Waals surface area contributed by atoms with Crippen molar-refractivity contribution in [3.05, 3.63) is 131 Å². The van der Waals surface area contributed by atoms with Crippen LogP contribution in [-0.4, -0.2) is 28.5 Å². The number of ketones is 1. The van der Waals surface area contributed by atoms with Crippen LogP contribution in [0.25, 0.3) is 16.6 Å². The second-order valence-corrected chi connectivity index (χ2v) is 8.92. The van der Waals surface area contributed by atoms with E-state index in [0.717, 1.165) is 0 Å². The molecular weight excluding hydrogens is 480 g/mol. The molecule has 1 amide bonds. The van der Waals surface area contributed by atoms with Gasteiger partial charge in [-0.15, -0.1) is 0 Å². The Balaban J connectivity index is 1.75. The number of Topliss-reactive ketones (excluding diaryl/α,β-unsaturated/α-hetero) is 1. The number of fused-ring (bicyclic) bond motifs is 2. The molecule has 1 aliphatic rings. The number of amides is 1. The summed E-state index contributed by atoms with van der Waals surface area (Å²) < 4.78 is 7.17. The minimum Gasteiger partial charge on any atom is -0.507 e. The number of hydrogen-bond acceptors (Lipinski definition) is 5. The van der Waals surface area contributed by atoms with Crippen molar-refractivity contribution in [3.8, 4) is 11.4 Å². The average Bonchev–Trinajstić information content (AvgIpc) is 2.96. The Morgan fingerprint density at radius 2 is 1.29 bits per heavy atom. The number of aromatic hydroxyl groups is 1. The van der Waals surface area contributed by atoms with Gasteiger partial charge in [-0.05, 0) is 48.5 Å². The van der Waals surface area contributed by atoms with Crippen LogP contribution in [-0.2, 0) is 15.1 Å². The molecular formula is C31H22N2O5. The second-order valence-electron chi connectivity index (χ2n) is 8.92. The van der Waals surface area contributed by atoms with Gasteiger partial charge in [0.15, 0.2) is 0 Å². The van der Waals surface area contributed by atoms with E-state index >= 15 is 0 Å². The Labute approximate surface area is 217 Å². The average molecular weight is 503 g/mol. The molecule has 0 bridgehead atoms. The normalized spacial score (nSPS) is 17.0. The molecule has 0 fully saturated rings. The molecule has 1 aromatic heterocycles. The molecule has 0 spiro atoms. The molecule has 1 atom stereocenters. The van der Waals surface area contributed by atoms with Crippen LogP contribution in [0.2, 0.25) is 0 Å². The van der Waals surface area contributed by atoms with E-state index in [1.807, 2.05) is 12.1 Å². The van der Waals surface area contributed by atoms with Crippen molar-refractivity contribution in [3.63, 3.8) is 0 Å². The maximum Gasteiger partial charge on any atom is 0.277 e. The van der Waals surface area contributed by atoms with Crippen LogP contribution in [0.15, 0.2) is 114 Å². The number of aromatic nitrogens is 1. The monoisotopic (exact) mass is 502 g/mol. The van der Waals surface area contributed by atoms with Crippen LogP contribution in [0.1, 0.15) is 15.9 Å². The van der Waals surface area contributed by atoms with Crippen molar-refractivity contribution in [2.24, 2.45) is 0 Å². The van der Waals surface area contributed by atoms with Crippen molar-refractivity contribution in [1.82, 2.24) is 4.57 Å². The Morgan fingerprint density at radius 3 is 1.97 bits per heavy atom. The lowest BCUT2D eigenvalue weighted by Gasteiger charge is -2.40. The quantitative estimate of drug-likeness (QED) is 0.346. The Kier molecular flexibility index (Phi) is 5.43. The van der Waals surface area contributed by atoms with Gasteiger partial charge in [0, 0.05) is 29.4 Å². The number of pyridine rings is 1. The van der Waals surface area contributed by atoms with E-state index in [1.54, 1.807) is 97.1 Å². The van der Waals surface area contributed by atoms with Gasteiger partial charge < -0.3 is 9.84 Å². The first kappa shape index (κ1) is 23.4. The molecule has 6 rings (SSSR count). The van der Waals surface area contributed by atoms with E-state index in [4.69, 9.17) is 4.74 Å². The molecule has 2 heterocycles. The number of hydrogen-bond donors (Lipinski definition) is 1. The van der Waals surface area contributed by atoms with Crippen molar-refractivity contribution < 1.29 is 19.4 Å². The zero-order chi connectivity index (χ0) is 26.4. The number of para-hydroxylation sites is 4. The van der Waals surface area contributed by atoms with Gasteiger partial charge in [0.1, 0.15) is 11.3 Å². The van der Waals surface area contributed by atoms with Crippen LogP contribution in [0.4, 0.5) is 11.4 Å². The van der Waals surface area contributed by atoms with E-state index in [2.05, 4.69) is 0 Å². The lowest BCUT2D eigenvalue weighted by Crippen LogP contribution is -2.58. The number of nitrogens with zero attached hydrogens (tertiary/aromatic N) is 2. The minimum atomic E-state index is -2.44. The third-order valence-electron chi connectivity index (χ3n) is 6.95. The predicted octanol–water partition coefficient (Wildman–Crippen LogP) is 5.10. The summed E-state index contributed by atoms with van der Waals surface area (Å²) >= 11 is 0. The summed E-state index contributed by atoms with van der Waals surface area (Å²) in [5, 5.41) is 11.9. The predicted molar refractivity (Wildman–Crippen MR) is 144 cm³/mol. The lowest BCUT2D eigenvalue weighted by atomic mass is 9.79. The van der Waals surface area contributed by atoms with E-state index in [0.29, 0.717) is 28.0 Å². The first-order chi connectivity index (χ1) is 18.5. The fourth-order valence-electron chi connectivity index (χ4n) is 5.23. The number of carbonyl (C=O) groups is 2. The minimum absolute atomic E-state index is 0.191. The van der Waals surface area contributed by atoms with E-state index in [9.17, 15) is 19.5 Å². The molecule has 0 saturated carbocycles. The molecule has 4 aromatic carbocycles. The summed E-state index contributed by atoms with van der Waals surface area (Å²) in [5.41, 5.74) is -1.63. The third kappa shape index (κ3) is 3.16. The van der Waals surface area contributed by atoms with Gasteiger partial charge in [0.2, 0.25) is 11.4 Å². The number of ether oxygens (including phenoxy) is 1. The second kappa shape index (κ2) is 8.83. The Hall–Kier alpha value is -5.01. The zero-order valence-corrected chi connectivity index (χ0v) is 20.4.